The number of aromatic nitrogens is 3. The second-order valence-electron chi connectivity index (χ2n) is 8.89. The van der Waals surface area contributed by atoms with Crippen molar-refractivity contribution in [3.63, 3.8) is 0 Å². The molecule has 1 aliphatic heterocycles. The van der Waals surface area contributed by atoms with Gasteiger partial charge in [-0.25, -0.2) is 19.2 Å². The summed E-state index contributed by atoms with van der Waals surface area (Å²) >= 11 is 0. The second-order valence-corrected chi connectivity index (χ2v) is 8.89. The first-order chi connectivity index (χ1) is 19.4. The molecule has 0 atom stereocenters. The average molecular weight is 553 g/mol. The fraction of sp³-hybridized carbons (Fsp3) is 0.310. The quantitative estimate of drug-likeness (QED) is 0.210. The third kappa shape index (κ3) is 7.54. The molecule has 0 radical (unpaired) electrons. The Labute approximate surface area is 231 Å². The van der Waals surface area contributed by atoms with Gasteiger partial charge in [0.25, 0.3) is 0 Å². The van der Waals surface area contributed by atoms with Crippen LogP contribution in [0, 0.1) is 12.7 Å². The Kier molecular flexibility index (Phi) is 11.0. The number of methoxy groups -OCH3 is 1. The van der Waals surface area contributed by atoms with E-state index >= 15 is 4.39 Å². The maximum absolute atomic E-state index is 15.0. The number of nitrogens with one attached hydrogen (secondary N) is 1. The van der Waals surface area contributed by atoms with Gasteiger partial charge in [-0.2, -0.15) is 0 Å². The molecule has 0 saturated carbocycles. The van der Waals surface area contributed by atoms with E-state index < -0.39 is 11.8 Å². The van der Waals surface area contributed by atoms with Crippen LogP contribution >= 0.6 is 0 Å². The molecule has 0 bridgehead atoms. The van der Waals surface area contributed by atoms with E-state index in [1.165, 1.54) is 32.3 Å². The largest absolute Gasteiger partial charge is 0.493 e. The molecule has 0 spiro atoms. The van der Waals surface area contributed by atoms with Gasteiger partial charge in [0.05, 0.1) is 24.6 Å². The fourth-order valence-electron chi connectivity index (χ4n) is 4.34. The van der Waals surface area contributed by atoms with Crippen molar-refractivity contribution >= 4 is 34.6 Å². The van der Waals surface area contributed by atoms with E-state index in [1.54, 1.807) is 31.4 Å². The predicted molar refractivity (Wildman–Crippen MR) is 150 cm³/mol. The van der Waals surface area contributed by atoms with Crippen LogP contribution in [-0.2, 0) is 9.59 Å². The van der Waals surface area contributed by atoms with E-state index in [0.29, 0.717) is 34.4 Å². The fourth-order valence-corrected chi connectivity index (χ4v) is 4.34. The zero-order valence-corrected chi connectivity index (χ0v) is 22.6. The van der Waals surface area contributed by atoms with Crippen molar-refractivity contribution in [2.75, 3.05) is 33.4 Å². The van der Waals surface area contributed by atoms with Gasteiger partial charge in [0.1, 0.15) is 13.1 Å². The standard InChI is InChI=1S/C25H27FN4O3.C3H4O2.CH2O/c1-16-12-17-19(29-16)6-7-21(24(17)26)33-25-18-13-22(31-2)23(14-20(18)27-15-28-25)32-11-5-10-30-8-3-4-9-30;1-2-3(4)5;1-2/h6-7,12-15,29H,3-5,8-11H2,1-2H3;2H,1H2,(H,4,5);1H2. The first-order valence-corrected chi connectivity index (χ1v) is 12.7. The minimum absolute atomic E-state index is 0.0997. The molecule has 212 valence electrons. The Morgan fingerprint density at radius 3 is 2.52 bits per heavy atom. The molecule has 4 aromatic rings. The molecular formula is C29H33FN4O6. The molecule has 10 nitrogen and oxygen atoms in total. The normalized spacial score (nSPS) is 12.7. The van der Waals surface area contributed by atoms with Crippen molar-refractivity contribution in [2.24, 2.45) is 0 Å². The van der Waals surface area contributed by atoms with Gasteiger partial charge in [0, 0.05) is 35.3 Å². The highest BCUT2D eigenvalue weighted by atomic mass is 19.1. The van der Waals surface area contributed by atoms with Crippen LogP contribution in [0.1, 0.15) is 25.0 Å². The van der Waals surface area contributed by atoms with Gasteiger partial charge in [0.15, 0.2) is 23.1 Å². The lowest BCUT2D eigenvalue weighted by Gasteiger charge is -2.16. The SMILES string of the molecule is C=CC(=O)O.C=O.COc1cc2c(Oc3ccc4[nH]c(C)cc4c3F)ncnc2cc1OCCCN1CCCC1. The smallest absolute Gasteiger partial charge is 0.327 e. The number of carbonyl (C=O) groups excluding carboxylic acids is 1. The first-order valence-electron chi connectivity index (χ1n) is 12.7. The van der Waals surface area contributed by atoms with Crippen LogP contribution in [0.15, 0.2) is 49.3 Å². The van der Waals surface area contributed by atoms with Crippen molar-refractivity contribution in [3.05, 3.63) is 60.8 Å². The highest BCUT2D eigenvalue weighted by molar-refractivity contribution is 5.87. The Hall–Kier alpha value is -4.51. The first kappa shape index (κ1) is 30.0. The van der Waals surface area contributed by atoms with Crippen LogP contribution in [0.5, 0.6) is 23.1 Å². The van der Waals surface area contributed by atoms with Crippen LogP contribution in [-0.4, -0.2) is 71.1 Å². The van der Waals surface area contributed by atoms with Crippen molar-refractivity contribution in [2.45, 2.75) is 26.2 Å². The number of aryl methyl sites for hydroxylation is 1. The molecule has 0 unspecified atom stereocenters. The second kappa shape index (κ2) is 14.6. The highest BCUT2D eigenvalue weighted by Crippen LogP contribution is 2.37. The number of rotatable bonds is 9. The lowest BCUT2D eigenvalue weighted by atomic mass is 10.2. The zero-order chi connectivity index (χ0) is 29.1. The van der Waals surface area contributed by atoms with Crippen molar-refractivity contribution < 1.29 is 33.3 Å². The number of likely N-dealkylation sites (tertiary alicyclic amines) is 1. The Balaban J connectivity index is 0.000000570. The lowest BCUT2D eigenvalue weighted by Crippen LogP contribution is -2.21. The summed E-state index contributed by atoms with van der Waals surface area (Å²) in [5.74, 6) is 0.109. The number of ether oxygens (including phenoxy) is 3. The van der Waals surface area contributed by atoms with E-state index in [2.05, 4.69) is 26.4 Å². The topological polar surface area (TPSA) is 127 Å². The van der Waals surface area contributed by atoms with Crippen LogP contribution in [0.2, 0.25) is 0 Å². The van der Waals surface area contributed by atoms with E-state index in [1.807, 2.05) is 19.8 Å². The van der Waals surface area contributed by atoms with E-state index in [4.69, 9.17) is 24.1 Å². The van der Waals surface area contributed by atoms with Crippen LogP contribution < -0.4 is 14.2 Å². The molecule has 3 heterocycles. The molecule has 2 aromatic carbocycles. The number of aromatic amines is 1. The average Bonchev–Trinajstić information content (AvgIpc) is 3.63. The Morgan fingerprint density at radius 2 is 1.85 bits per heavy atom. The molecule has 11 heteroatoms. The number of benzene rings is 2. The minimum atomic E-state index is -0.981. The molecule has 2 aromatic heterocycles. The van der Waals surface area contributed by atoms with Gasteiger partial charge in [-0.1, -0.05) is 6.58 Å². The molecule has 5 rings (SSSR count). The van der Waals surface area contributed by atoms with Gasteiger partial charge in [-0.05, 0) is 63.5 Å². The molecular weight excluding hydrogens is 519 g/mol. The summed E-state index contributed by atoms with van der Waals surface area (Å²) in [4.78, 5) is 31.4. The summed E-state index contributed by atoms with van der Waals surface area (Å²) in [6, 6.07) is 8.73. The number of halogens is 1. The number of carboxylic acid groups (broad SMARTS) is 1. The molecule has 0 aliphatic carbocycles. The number of nitrogens with zero attached hydrogens (tertiary/aromatic N) is 3. The summed E-state index contributed by atoms with van der Waals surface area (Å²) < 4.78 is 32.5. The predicted octanol–water partition coefficient (Wildman–Crippen LogP) is 5.30. The van der Waals surface area contributed by atoms with Crippen LogP contribution in [0.3, 0.4) is 0 Å². The number of aliphatic carboxylic acids is 1. The molecule has 1 saturated heterocycles. The maximum atomic E-state index is 15.0. The molecule has 2 N–H and O–H groups in total. The van der Waals surface area contributed by atoms with E-state index in [0.717, 1.165) is 30.3 Å². The Morgan fingerprint density at radius 1 is 1.12 bits per heavy atom. The highest BCUT2D eigenvalue weighted by Gasteiger charge is 2.17. The molecule has 40 heavy (non-hydrogen) atoms. The van der Waals surface area contributed by atoms with Crippen molar-refractivity contribution in [1.82, 2.24) is 19.9 Å². The summed E-state index contributed by atoms with van der Waals surface area (Å²) in [7, 11) is 1.59. The number of carbonyl (C=O) groups is 2. The number of carboxylic acids is 1. The molecule has 1 aliphatic rings. The number of fused-ring (bicyclic) bond motifs is 2. The molecule has 0 amide bonds. The van der Waals surface area contributed by atoms with Gasteiger partial charge >= 0.3 is 5.97 Å². The third-order valence-corrected chi connectivity index (χ3v) is 6.18. The van der Waals surface area contributed by atoms with E-state index in [9.17, 15) is 4.79 Å². The number of hydrogen-bond acceptors (Lipinski definition) is 8. The van der Waals surface area contributed by atoms with Crippen molar-refractivity contribution in [1.29, 1.82) is 0 Å². The van der Waals surface area contributed by atoms with Gasteiger partial charge < -0.3 is 34.0 Å². The summed E-state index contributed by atoms with van der Waals surface area (Å²) in [5.41, 5.74) is 2.23. The summed E-state index contributed by atoms with van der Waals surface area (Å²) in [6.07, 6.45) is 5.75. The van der Waals surface area contributed by atoms with Crippen LogP contribution in [0.25, 0.3) is 21.8 Å². The number of hydrogen-bond donors (Lipinski definition) is 2. The summed E-state index contributed by atoms with van der Waals surface area (Å²) in [6.45, 7) is 10.8. The third-order valence-electron chi connectivity index (χ3n) is 6.18. The zero-order valence-electron chi connectivity index (χ0n) is 22.6. The number of H-pyrrole nitrogens is 1. The summed E-state index contributed by atoms with van der Waals surface area (Å²) in [5, 5.41) is 8.70. The Bertz CT molecular complexity index is 1450. The van der Waals surface area contributed by atoms with Gasteiger partial charge in [0.2, 0.25) is 5.88 Å². The molecule has 1 fully saturated rings. The minimum Gasteiger partial charge on any atom is -0.493 e. The van der Waals surface area contributed by atoms with Crippen molar-refractivity contribution in [3.8, 4) is 23.1 Å². The van der Waals surface area contributed by atoms with Gasteiger partial charge in [-0.15, -0.1) is 0 Å². The maximum Gasteiger partial charge on any atom is 0.327 e. The van der Waals surface area contributed by atoms with E-state index in [-0.39, 0.29) is 11.6 Å². The van der Waals surface area contributed by atoms with Crippen LogP contribution in [0.4, 0.5) is 4.39 Å². The lowest BCUT2D eigenvalue weighted by molar-refractivity contribution is -0.131. The van der Waals surface area contributed by atoms with Gasteiger partial charge in [-0.3, -0.25) is 0 Å². The monoisotopic (exact) mass is 552 g/mol.